The van der Waals surface area contributed by atoms with Crippen molar-refractivity contribution >= 4 is 49.5 Å². The highest BCUT2D eigenvalue weighted by molar-refractivity contribution is 8.00. The molecule has 0 N–H and O–H groups in total. The summed E-state index contributed by atoms with van der Waals surface area (Å²) < 4.78 is 6.19. The van der Waals surface area contributed by atoms with E-state index in [1.54, 1.807) is 17.7 Å². The SMILES string of the molecule is CCCc1nc2sc3c(S[C@@H](C)C(=O)OCC)ncnc3c2c2c1CCCC2. The zero-order valence-corrected chi connectivity index (χ0v) is 18.2. The van der Waals surface area contributed by atoms with Gasteiger partial charge in [0.15, 0.2) is 0 Å². The number of hydrogen-bond donors (Lipinski definition) is 0. The molecule has 0 saturated heterocycles. The van der Waals surface area contributed by atoms with Crippen LogP contribution in [-0.4, -0.2) is 32.8 Å². The molecule has 0 radical (unpaired) electrons. The Kier molecular flexibility index (Phi) is 5.83. The summed E-state index contributed by atoms with van der Waals surface area (Å²) in [5, 5.41) is 1.75. The molecule has 0 spiro atoms. The standard InChI is InChI=1S/C21H25N3O2S2/c1-4-8-15-13-9-6-7-10-14(13)16-17-18(28-19(16)24-15)20(23-11-22-17)27-12(3)21(25)26-5-2/h11-12H,4-10H2,1-3H3/t12-/m0/s1. The number of nitrogens with zero attached hydrogens (tertiary/aromatic N) is 3. The first-order chi connectivity index (χ1) is 13.6. The van der Waals surface area contributed by atoms with Crippen molar-refractivity contribution in [3.05, 3.63) is 23.1 Å². The molecule has 0 fully saturated rings. The number of aromatic nitrogens is 3. The van der Waals surface area contributed by atoms with Gasteiger partial charge in [0, 0.05) is 11.1 Å². The summed E-state index contributed by atoms with van der Waals surface area (Å²) in [5.74, 6) is -0.207. The summed E-state index contributed by atoms with van der Waals surface area (Å²) >= 11 is 3.10. The third kappa shape index (κ3) is 3.50. The van der Waals surface area contributed by atoms with E-state index < -0.39 is 0 Å². The summed E-state index contributed by atoms with van der Waals surface area (Å²) in [4.78, 5) is 27.3. The summed E-state index contributed by atoms with van der Waals surface area (Å²) in [6, 6.07) is 0. The van der Waals surface area contributed by atoms with Gasteiger partial charge in [0.05, 0.1) is 16.8 Å². The van der Waals surface area contributed by atoms with Crippen LogP contribution in [0, 0.1) is 0 Å². The predicted octanol–water partition coefficient (Wildman–Crippen LogP) is 5.11. The zero-order chi connectivity index (χ0) is 19.7. The van der Waals surface area contributed by atoms with E-state index in [-0.39, 0.29) is 11.2 Å². The second kappa shape index (κ2) is 8.33. The monoisotopic (exact) mass is 415 g/mol. The summed E-state index contributed by atoms with van der Waals surface area (Å²) in [6.45, 7) is 6.29. The van der Waals surface area contributed by atoms with Crippen LogP contribution in [0.15, 0.2) is 11.4 Å². The third-order valence-electron chi connectivity index (χ3n) is 5.17. The Morgan fingerprint density at radius 1 is 1.25 bits per heavy atom. The number of hydrogen-bond acceptors (Lipinski definition) is 7. The maximum atomic E-state index is 12.1. The lowest BCUT2D eigenvalue weighted by molar-refractivity contribution is -0.142. The number of fused-ring (bicyclic) bond motifs is 5. The molecule has 1 aliphatic carbocycles. The Bertz CT molecular complexity index is 1030. The number of thioether (sulfide) groups is 1. The van der Waals surface area contributed by atoms with Crippen LogP contribution >= 0.6 is 23.1 Å². The molecule has 0 unspecified atom stereocenters. The number of carbonyl (C=O) groups excluding carboxylic acids is 1. The quantitative estimate of drug-likeness (QED) is 0.316. The van der Waals surface area contributed by atoms with E-state index in [4.69, 9.17) is 9.72 Å². The molecule has 7 heteroatoms. The van der Waals surface area contributed by atoms with Crippen LogP contribution in [-0.2, 0) is 28.8 Å². The molecule has 0 saturated carbocycles. The topological polar surface area (TPSA) is 65.0 Å². The highest BCUT2D eigenvalue weighted by atomic mass is 32.2. The third-order valence-corrected chi connectivity index (χ3v) is 7.46. The van der Waals surface area contributed by atoms with Crippen molar-refractivity contribution in [2.75, 3.05) is 6.61 Å². The lowest BCUT2D eigenvalue weighted by Gasteiger charge is -2.19. The van der Waals surface area contributed by atoms with Crippen molar-refractivity contribution in [3.63, 3.8) is 0 Å². The van der Waals surface area contributed by atoms with Gasteiger partial charge < -0.3 is 4.74 Å². The average molecular weight is 416 g/mol. The zero-order valence-electron chi connectivity index (χ0n) is 16.6. The fourth-order valence-electron chi connectivity index (χ4n) is 3.92. The van der Waals surface area contributed by atoms with Crippen LogP contribution in [0.1, 0.15) is 56.9 Å². The van der Waals surface area contributed by atoms with Gasteiger partial charge in [-0.05, 0) is 57.1 Å². The minimum absolute atomic E-state index is 0.207. The number of carbonyl (C=O) groups is 1. The van der Waals surface area contributed by atoms with Crippen LogP contribution in [0.5, 0.6) is 0 Å². The van der Waals surface area contributed by atoms with Gasteiger partial charge in [0.2, 0.25) is 0 Å². The molecule has 3 aromatic rings. The van der Waals surface area contributed by atoms with E-state index in [0.717, 1.165) is 45.8 Å². The van der Waals surface area contributed by atoms with Crippen molar-refractivity contribution in [3.8, 4) is 0 Å². The van der Waals surface area contributed by atoms with Crippen LogP contribution in [0.25, 0.3) is 20.4 Å². The molecule has 0 amide bonds. The molecule has 5 nitrogen and oxygen atoms in total. The van der Waals surface area contributed by atoms with Gasteiger partial charge >= 0.3 is 5.97 Å². The molecule has 0 aromatic carbocycles. The van der Waals surface area contributed by atoms with Crippen LogP contribution in [0.4, 0.5) is 0 Å². The van der Waals surface area contributed by atoms with Crippen molar-refractivity contribution in [2.45, 2.75) is 69.6 Å². The van der Waals surface area contributed by atoms with Gasteiger partial charge in [-0.15, -0.1) is 11.3 Å². The molecule has 1 atom stereocenters. The van der Waals surface area contributed by atoms with Crippen LogP contribution < -0.4 is 0 Å². The van der Waals surface area contributed by atoms with Crippen LogP contribution in [0.3, 0.4) is 0 Å². The lowest BCUT2D eigenvalue weighted by Crippen LogP contribution is -2.16. The first kappa shape index (κ1) is 19.6. The van der Waals surface area contributed by atoms with Crippen molar-refractivity contribution in [2.24, 2.45) is 0 Å². The number of rotatable bonds is 6. The molecular weight excluding hydrogens is 390 g/mol. The Morgan fingerprint density at radius 2 is 2.04 bits per heavy atom. The van der Waals surface area contributed by atoms with E-state index in [1.807, 2.05) is 13.8 Å². The average Bonchev–Trinajstić information content (AvgIpc) is 3.08. The normalized spacial score (nSPS) is 15.0. The van der Waals surface area contributed by atoms with Crippen molar-refractivity contribution in [1.82, 2.24) is 15.0 Å². The Hall–Kier alpha value is -1.73. The number of pyridine rings is 1. The number of ether oxygens (including phenoxy) is 1. The number of aryl methyl sites for hydroxylation is 2. The maximum Gasteiger partial charge on any atom is 0.319 e. The van der Waals surface area contributed by atoms with Gasteiger partial charge in [-0.1, -0.05) is 25.1 Å². The number of thiophene rings is 1. The van der Waals surface area contributed by atoms with E-state index in [1.165, 1.54) is 46.8 Å². The van der Waals surface area contributed by atoms with E-state index in [2.05, 4.69) is 16.9 Å². The minimum atomic E-state index is -0.305. The van der Waals surface area contributed by atoms with Gasteiger partial charge in [-0.25, -0.2) is 15.0 Å². The number of esters is 1. The summed E-state index contributed by atoms with van der Waals surface area (Å²) in [6.07, 6.45) is 8.44. The fourth-order valence-corrected chi connectivity index (χ4v) is 6.06. The van der Waals surface area contributed by atoms with Gasteiger partial charge in [-0.3, -0.25) is 4.79 Å². The molecule has 3 aromatic heterocycles. The highest BCUT2D eigenvalue weighted by Crippen LogP contribution is 2.42. The van der Waals surface area contributed by atoms with Crippen LogP contribution in [0.2, 0.25) is 0 Å². The van der Waals surface area contributed by atoms with Crippen molar-refractivity contribution < 1.29 is 9.53 Å². The maximum absolute atomic E-state index is 12.1. The second-order valence-corrected chi connectivity index (χ2v) is 9.45. The minimum Gasteiger partial charge on any atom is -0.465 e. The lowest BCUT2D eigenvalue weighted by atomic mass is 9.88. The Balaban J connectivity index is 1.85. The van der Waals surface area contributed by atoms with Gasteiger partial charge in [0.25, 0.3) is 0 Å². The summed E-state index contributed by atoms with van der Waals surface area (Å²) in [5.41, 5.74) is 5.15. The molecule has 4 rings (SSSR count). The molecule has 28 heavy (non-hydrogen) atoms. The smallest absolute Gasteiger partial charge is 0.319 e. The molecule has 148 valence electrons. The summed E-state index contributed by atoms with van der Waals surface area (Å²) in [7, 11) is 0. The predicted molar refractivity (Wildman–Crippen MR) is 115 cm³/mol. The fraction of sp³-hybridized carbons (Fsp3) is 0.524. The van der Waals surface area contributed by atoms with Gasteiger partial charge in [-0.2, -0.15) is 0 Å². The Morgan fingerprint density at radius 3 is 2.79 bits per heavy atom. The molecular formula is C21H25N3O2S2. The first-order valence-electron chi connectivity index (χ1n) is 10.0. The van der Waals surface area contributed by atoms with Crippen molar-refractivity contribution in [1.29, 1.82) is 0 Å². The van der Waals surface area contributed by atoms with E-state index >= 15 is 0 Å². The van der Waals surface area contributed by atoms with E-state index in [0.29, 0.717) is 6.61 Å². The molecule has 0 aliphatic heterocycles. The van der Waals surface area contributed by atoms with E-state index in [9.17, 15) is 4.79 Å². The first-order valence-corrected chi connectivity index (χ1v) is 11.7. The second-order valence-electron chi connectivity index (χ2n) is 7.12. The Labute approximate surface area is 173 Å². The molecule has 3 heterocycles. The highest BCUT2D eigenvalue weighted by Gasteiger charge is 2.24. The molecule has 1 aliphatic rings. The van der Waals surface area contributed by atoms with Gasteiger partial charge in [0.1, 0.15) is 21.4 Å². The largest absolute Gasteiger partial charge is 0.465 e. The molecule has 0 bridgehead atoms.